The summed E-state index contributed by atoms with van der Waals surface area (Å²) in [5.41, 5.74) is 0. The zero-order valence-corrected chi connectivity index (χ0v) is 7.72. The molecule has 0 amide bonds. The molecule has 2 atom stereocenters. The van der Waals surface area contributed by atoms with Crippen LogP contribution in [0.25, 0.3) is 0 Å². The largest absolute Gasteiger partial charge is 0.479 e. The van der Waals surface area contributed by atoms with E-state index in [1.807, 2.05) is 11.8 Å². The van der Waals surface area contributed by atoms with Gasteiger partial charge in [0.1, 0.15) is 0 Å². The summed E-state index contributed by atoms with van der Waals surface area (Å²) < 4.78 is 0. The third kappa shape index (κ3) is 3.03. The van der Waals surface area contributed by atoms with Gasteiger partial charge in [0.05, 0.1) is 0 Å². The van der Waals surface area contributed by atoms with E-state index in [1.165, 1.54) is 5.75 Å². The fourth-order valence-electron chi connectivity index (χ4n) is 1.41. The minimum Gasteiger partial charge on any atom is -0.479 e. The molecule has 0 bridgehead atoms. The summed E-state index contributed by atoms with van der Waals surface area (Å²) in [6.07, 6.45) is 1.48. The minimum absolute atomic E-state index is 0.398. The van der Waals surface area contributed by atoms with Crippen molar-refractivity contribution in [2.24, 2.45) is 5.92 Å². The number of aliphatic hydroxyl groups excluding tert-OH is 1. The van der Waals surface area contributed by atoms with Gasteiger partial charge in [-0.2, -0.15) is 11.8 Å². The number of rotatable bonds is 3. The van der Waals surface area contributed by atoms with Gasteiger partial charge in [0.2, 0.25) is 0 Å². The molecule has 2 unspecified atom stereocenters. The molecule has 1 heterocycles. The van der Waals surface area contributed by atoms with Crippen molar-refractivity contribution >= 4 is 17.7 Å². The lowest BCUT2D eigenvalue weighted by Gasteiger charge is -2.21. The van der Waals surface area contributed by atoms with Crippen molar-refractivity contribution < 1.29 is 15.0 Å². The van der Waals surface area contributed by atoms with Crippen molar-refractivity contribution in [3.63, 3.8) is 0 Å². The topological polar surface area (TPSA) is 57.5 Å². The lowest BCUT2D eigenvalue weighted by atomic mass is 9.98. The molecule has 2 N–H and O–H groups in total. The molecule has 0 radical (unpaired) electrons. The Labute approximate surface area is 76.2 Å². The van der Waals surface area contributed by atoms with Gasteiger partial charge in [0, 0.05) is 0 Å². The Morgan fingerprint density at radius 1 is 1.67 bits per heavy atom. The maximum Gasteiger partial charge on any atom is 0.332 e. The second-order valence-electron chi connectivity index (χ2n) is 3.17. The van der Waals surface area contributed by atoms with Gasteiger partial charge in [-0.3, -0.25) is 0 Å². The molecule has 12 heavy (non-hydrogen) atoms. The molecule has 0 aromatic heterocycles. The fraction of sp³-hybridized carbons (Fsp3) is 0.875. The molecule has 0 aromatic rings. The zero-order chi connectivity index (χ0) is 8.97. The van der Waals surface area contributed by atoms with Crippen LogP contribution in [0.1, 0.15) is 19.3 Å². The monoisotopic (exact) mass is 190 g/mol. The van der Waals surface area contributed by atoms with Crippen molar-refractivity contribution in [3.05, 3.63) is 0 Å². The quantitative estimate of drug-likeness (QED) is 0.696. The summed E-state index contributed by atoms with van der Waals surface area (Å²) in [5.74, 6) is 1.49. The van der Waals surface area contributed by atoms with E-state index in [4.69, 9.17) is 10.2 Å². The highest BCUT2D eigenvalue weighted by Gasteiger charge is 2.21. The van der Waals surface area contributed by atoms with Gasteiger partial charge in [-0.05, 0) is 36.7 Å². The molecule has 1 rings (SSSR count). The number of thioether (sulfide) groups is 1. The molecule has 1 fully saturated rings. The molecule has 1 saturated heterocycles. The molecule has 3 nitrogen and oxygen atoms in total. The number of hydrogen-bond acceptors (Lipinski definition) is 3. The highest BCUT2D eigenvalue weighted by Crippen LogP contribution is 2.25. The zero-order valence-electron chi connectivity index (χ0n) is 6.90. The van der Waals surface area contributed by atoms with Crippen molar-refractivity contribution in [1.82, 2.24) is 0 Å². The first-order chi connectivity index (χ1) is 5.70. The van der Waals surface area contributed by atoms with Crippen LogP contribution in [0.5, 0.6) is 0 Å². The fourth-order valence-corrected chi connectivity index (χ4v) is 2.58. The predicted molar refractivity (Wildman–Crippen MR) is 48.3 cm³/mol. The van der Waals surface area contributed by atoms with Gasteiger partial charge >= 0.3 is 5.97 Å². The van der Waals surface area contributed by atoms with E-state index in [0.717, 1.165) is 18.6 Å². The van der Waals surface area contributed by atoms with Gasteiger partial charge < -0.3 is 10.2 Å². The van der Waals surface area contributed by atoms with Gasteiger partial charge in [-0.1, -0.05) is 0 Å². The molecule has 0 aliphatic carbocycles. The van der Waals surface area contributed by atoms with Crippen LogP contribution in [0.4, 0.5) is 0 Å². The van der Waals surface area contributed by atoms with Gasteiger partial charge in [0.25, 0.3) is 0 Å². The van der Waals surface area contributed by atoms with Crippen LogP contribution in [-0.4, -0.2) is 33.8 Å². The highest BCUT2D eigenvalue weighted by atomic mass is 32.2. The summed E-state index contributed by atoms with van der Waals surface area (Å²) in [4.78, 5) is 10.3. The number of carboxylic acids is 1. The lowest BCUT2D eigenvalue weighted by molar-refractivity contribution is -0.147. The molecule has 0 spiro atoms. The maximum atomic E-state index is 10.3. The Morgan fingerprint density at radius 2 is 2.42 bits per heavy atom. The first kappa shape index (κ1) is 9.86. The van der Waals surface area contributed by atoms with E-state index in [0.29, 0.717) is 12.3 Å². The summed E-state index contributed by atoms with van der Waals surface area (Å²) in [6, 6.07) is 0. The smallest absolute Gasteiger partial charge is 0.332 e. The van der Waals surface area contributed by atoms with E-state index in [1.54, 1.807) is 0 Å². The van der Waals surface area contributed by atoms with E-state index in [9.17, 15) is 4.79 Å². The van der Waals surface area contributed by atoms with Gasteiger partial charge in [0.15, 0.2) is 6.10 Å². The number of aliphatic hydroxyl groups is 1. The summed E-state index contributed by atoms with van der Waals surface area (Å²) in [6.45, 7) is 0. The highest BCUT2D eigenvalue weighted by molar-refractivity contribution is 7.99. The van der Waals surface area contributed by atoms with E-state index >= 15 is 0 Å². The standard InChI is InChI=1S/C8H14O3S/c9-7(8(10)11)4-6-2-1-3-12-5-6/h6-7,9H,1-5H2,(H,10,11). The Morgan fingerprint density at radius 3 is 2.92 bits per heavy atom. The Kier molecular flexibility index (Phi) is 3.88. The summed E-state index contributed by atoms with van der Waals surface area (Å²) >= 11 is 1.85. The van der Waals surface area contributed by atoms with E-state index in [2.05, 4.69) is 0 Å². The summed E-state index contributed by atoms with van der Waals surface area (Å²) in [5, 5.41) is 17.5. The number of carbonyl (C=O) groups is 1. The van der Waals surface area contributed by atoms with Crippen LogP contribution in [0.2, 0.25) is 0 Å². The molecular weight excluding hydrogens is 176 g/mol. The van der Waals surface area contributed by atoms with E-state index in [-0.39, 0.29) is 0 Å². The van der Waals surface area contributed by atoms with Crippen LogP contribution in [0.15, 0.2) is 0 Å². The van der Waals surface area contributed by atoms with E-state index < -0.39 is 12.1 Å². The second-order valence-corrected chi connectivity index (χ2v) is 4.32. The third-order valence-electron chi connectivity index (χ3n) is 2.10. The van der Waals surface area contributed by atoms with Gasteiger partial charge in [-0.15, -0.1) is 0 Å². The number of hydrogen-bond donors (Lipinski definition) is 2. The number of aliphatic carboxylic acids is 1. The third-order valence-corrected chi connectivity index (χ3v) is 3.38. The first-order valence-corrected chi connectivity index (χ1v) is 5.34. The van der Waals surface area contributed by atoms with Crippen LogP contribution in [0.3, 0.4) is 0 Å². The molecule has 4 heteroatoms. The Hall–Kier alpha value is -0.220. The second kappa shape index (κ2) is 4.72. The van der Waals surface area contributed by atoms with Crippen molar-refractivity contribution in [3.8, 4) is 0 Å². The SMILES string of the molecule is O=C(O)C(O)CC1CCCSC1. The maximum absolute atomic E-state index is 10.3. The first-order valence-electron chi connectivity index (χ1n) is 4.18. The molecule has 0 aromatic carbocycles. The average Bonchev–Trinajstić information content (AvgIpc) is 2.06. The molecule has 1 aliphatic heterocycles. The molecule has 70 valence electrons. The lowest BCUT2D eigenvalue weighted by Crippen LogP contribution is -2.25. The van der Waals surface area contributed by atoms with Crippen LogP contribution in [-0.2, 0) is 4.79 Å². The summed E-state index contributed by atoms with van der Waals surface area (Å²) in [7, 11) is 0. The molecule has 1 aliphatic rings. The van der Waals surface area contributed by atoms with Crippen LogP contribution < -0.4 is 0 Å². The molecule has 0 saturated carbocycles. The Balaban J connectivity index is 2.24. The normalized spacial score (nSPS) is 26.6. The van der Waals surface area contributed by atoms with Crippen molar-refractivity contribution in [2.75, 3.05) is 11.5 Å². The van der Waals surface area contributed by atoms with Crippen molar-refractivity contribution in [2.45, 2.75) is 25.4 Å². The van der Waals surface area contributed by atoms with Crippen LogP contribution >= 0.6 is 11.8 Å². The van der Waals surface area contributed by atoms with Gasteiger partial charge in [-0.25, -0.2) is 4.79 Å². The Bertz CT molecular complexity index is 154. The van der Waals surface area contributed by atoms with Crippen molar-refractivity contribution in [1.29, 1.82) is 0 Å². The number of carboxylic acid groups (broad SMARTS) is 1. The minimum atomic E-state index is -1.16. The average molecular weight is 190 g/mol. The van der Waals surface area contributed by atoms with Crippen LogP contribution in [0, 0.1) is 5.92 Å². The molecular formula is C8H14O3S. The predicted octanol–water partition coefficient (Wildman–Crippen LogP) is 0.965.